The van der Waals surface area contributed by atoms with Gasteiger partial charge < -0.3 is 20.4 Å². The van der Waals surface area contributed by atoms with Crippen LogP contribution >= 0.6 is 0 Å². The monoisotopic (exact) mass is 499 g/mol. The molecule has 6 nitrogen and oxygen atoms in total. The summed E-state index contributed by atoms with van der Waals surface area (Å²) in [5.41, 5.74) is -3.09. The summed E-state index contributed by atoms with van der Waals surface area (Å²) in [5, 5.41) is 5.59. The second-order valence-corrected chi connectivity index (χ2v) is 7.57. The molecule has 0 radical (unpaired) electrons. The third-order valence-electron chi connectivity index (χ3n) is 5.02. The summed E-state index contributed by atoms with van der Waals surface area (Å²) in [6.07, 6.45) is -9.89. The van der Waals surface area contributed by atoms with E-state index in [1.165, 1.54) is 18.3 Å². The van der Waals surface area contributed by atoms with Gasteiger partial charge in [-0.25, -0.2) is 0 Å². The Labute approximate surface area is 194 Å². The molecule has 0 aliphatic heterocycles. The average molecular weight is 499 g/mol. The van der Waals surface area contributed by atoms with Crippen molar-refractivity contribution in [2.45, 2.75) is 31.4 Å². The van der Waals surface area contributed by atoms with Gasteiger partial charge in [0.2, 0.25) is 5.56 Å². The number of aromatic nitrogens is 1. The minimum absolute atomic E-state index is 0.0975. The average Bonchev–Trinajstić information content (AvgIpc) is 2.78. The van der Waals surface area contributed by atoms with E-state index in [0.29, 0.717) is 12.2 Å². The lowest BCUT2D eigenvalue weighted by molar-refractivity contribution is -0.350. The molecule has 0 saturated carbocycles. The summed E-state index contributed by atoms with van der Waals surface area (Å²) in [6.45, 7) is 0.198. The number of carbonyl (C=O) groups excluding carboxylic acids is 1. The van der Waals surface area contributed by atoms with E-state index in [0.717, 1.165) is 29.8 Å². The van der Waals surface area contributed by atoms with Gasteiger partial charge in [0.25, 0.3) is 11.5 Å². The minimum atomic E-state index is -5.70. The van der Waals surface area contributed by atoms with Crippen molar-refractivity contribution in [1.82, 2.24) is 4.98 Å². The van der Waals surface area contributed by atoms with Crippen molar-refractivity contribution in [2.24, 2.45) is 0 Å². The van der Waals surface area contributed by atoms with Crippen LogP contribution in [0.25, 0.3) is 0 Å². The molecule has 0 saturated heterocycles. The Hall–Kier alpha value is -3.96. The fraction of sp³-hybridized carbons (Fsp3) is 0.217. The van der Waals surface area contributed by atoms with E-state index in [9.17, 15) is 35.9 Å². The van der Waals surface area contributed by atoms with Gasteiger partial charge in [0, 0.05) is 30.2 Å². The van der Waals surface area contributed by atoms with Crippen LogP contribution < -0.4 is 20.9 Å². The van der Waals surface area contributed by atoms with Crippen molar-refractivity contribution in [3.05, 3.63) is 88.3 Å². The SMILES string of the molecule is CC(Oc1ccc(NC(=O)c2ccccc2NCc2ccc(=O)[nH]c2)cc1)(C(F)(F)F)C(F)(F)F. The summed E-state index contributed by atoms with van der Waals surface area (Å²) in [6, 6.07) is 13.5. The fourth-order valence-corrected chi connectivity index (χ4v) is 2.90. The number of amides is 1. The first-order valence-corrected chi connectivity index (χ1v) is 10.0. The van der Waals surface area contributed by atoms with E-state index in [4.69, 9.17) is 0 Å². The van der Waals surface area contributed by atoms with Crippen LogP contribution in [0.15, 0.2) is 71.7 Å². The van der Waals surface area contributed by atoms with Gasteiger partial charge >= 0.3 is 12.4 Å². The van der Waals surface area contributed by atoms with Gasteiger partial charge in [0.15, 0.2) is 0 Å². The van der Waals surface area contributed by atoms with Gasteiger partial charge in [0.05, 0.1) is 5.56 Å². The number of halogens is 6. The molecule has 3 rings (SSSR count). The Morgan fingerprint density at radius 3 is 2.11 bits per heavy atom. The molecular weight excluding hydrogens is 480 g/mol. The number of para-hydroxylation sites is 1. The zero-order valence-corrected chi connectivity index (χ0v) is 18.1. The second-order valence-electron chi connectivity index (χ2n) is 7.57. The first-order chi connectivity index (χ1) is 16.3. The number of H-pyrrole nitrogens is 1. The van der Waals surface area contributed by atoms with Gasteiger partial charge in [0.1, 0.15) is 5.75 Å². The van der Waals surface area contributed by atoms with Crippen LogP contribution in [0.4, 0.5) is 37.7 Å². The Balaban J connectivity index is 1.71. The van der Waals surface area contributed by atoms with Crippen molar-refractivity contribution >= 4 is 17.3 Å². The van der Waals surface area contributed by atoms with Crippen LogP contribution in [-0.2, 0) is 6.54 Å². The molecule has 3 aromatic rings. The number of anilines is 2. The molecule has 3 N–H and O–H groups in total. The molecular formula is C23H19F6N3O3. The highest BCUT2D eigenvalue weighted by Crippen LogP contribution is 2.45. The highest BCUT2D eigenvalue weighted by molar-refractivity contribution is 6.08. The van der Waals surface area contributed by atoms with Crippen molar-refractivity contribution in [3.8, 4) is 5.75 Å². The van der Waals surface area contributed by atoms with E-state index in [2.05, 4.69) is 20.4 Å². The number of pyridine rings is 1. The molecule has 1 amide bonds. The van der Waals surface area contributed by atoms with E-state index < -0.39 is 29.6 Å². The molecule has 0 fully saturated rings. The highest BCUT2D eigenvalue weighted by Gasteiger charge is 2.70. The lowest BCUT2D eigenvalue weighted by Crippen LogP contribution is -2.58. The first-order valence-electron chi connectivity index (χ1n) is 10.0. The third-order valence-corrected chi connectivity index (χ3v) is 5.02. The Morgan fingerprint density at radius 1 is 0.914 bits per heavy atom. The summed E-state index contributed by atoms with van der Waals surface area (Å²) >= 11 is 0. The van der Waals surface area contributed by atoms with Crippen LogP contribution in [-0.4, -0.2) is 28.8 Å². The largest absolute Gasteiger partial charge is 0.469 e. The number of benzene rings is 2. The summed E-state index contributed by atoms with van der Waals surface area (Å²) < 4.78 is 82.4. The van der Waals surface area contributed by atoms with Crippen LogP contribution in [0.5, 0.6) is 5.75 Å². The Kier molecular flexibility index (Phi) is 7.13. The molecule has 2 aromatic carbocycles. The van der Waals surface area contributed by atoms with E-state index in [1.54, 1.807) is 24.3 Å². The Morgan fingerprint density at radius 2 is 1.54 bits per heavy atom. The maximum atomic E-state index is 13.0. The van der Waals surface area contributed by atoms with E-state index in [1.807, 2.05) is 0 Å². The van der Waals surface area contributed by atoms with E-state index in [-0.39, 0.29) is 23.7 Å². The topological polar surface area (TPSA) is 83.2 Å². The Bertz CT molecular complexity index is 1200. The second kappa shape index (κ2) is 9.72. The predicted octanol–water partition coefficient (Wildman–Crippen LogP) is 5.50. The number of ether oxygens (including phenoxy) is 1. The van der Waals surface area contributed by atoms with Crippen molar-refractivity contribution in [2.75, 3.05) is 10.6 Å². The normalized spacial score (nSPS) is 12.2. The molecule has 0 atom stereocenters. The van der Waals surface area contributed by atoms with Crippen molar-refractivity contribution < 1.29 is 35.9 Å². The van der Waals surface area contributed by atoms with Crippen molar-refractivity contribution in [3.63, 3.8) is 0 Å². The standard InChI is InChI=1S/C23H19F6N3O3/c1-21(22(24,25)26,23(27,28)29)35-16-9-7-15(8-10-16)32-20(34)17-4-2-3-5-18(17)30-12-14-6-11-19(33)31-13-14/h2-11,13,30H,12H2,1H3,(H,31,33)(H,32,34). The van der Waals surface area contributed by atoms with E-state index >= 15 is 0 Å². The number of alkyl halides is 6. The van der Waals surface area contributed by atoms with Crippen LogP contribution in [0.1, 0.15) is 22.8 Å². The van der Waals surface area contributed by atoms with Crippen LogP contribution in [0.2, 0.25) is 0 Å². The molecule has 186 valence electrons. The maximum Gasteiger partial charge on any atom is 0.437 e. The van der Waals surface area contributed by atoms with Crippen LogP contribution in [0.3, 0.4) is 0 Å². The van der Waals surface area contributed by atoms with Gasteiger partial charge in [-0.1, -0.05) is 18.2 Å². The molecule has 0 aliphatic rings. The van der Waals surface area contributed by atoms with Gasteiger partial charge in [-0.05, 0) is 48.9 Å². The predicted molar refractivity (Wildman–Crippen MR) is 116 cm³/mol. The lowest BCUT2D eigenvalue weighted by Gasteiger charge is -2.34. The van der Waals surface area contributed by atoms with Gasteiger partial charge in [-0.3, -0.25) is 9.59 Å². The number of aromatic amines is 1. The number of rotatable bonds is 7. The highest BCUT2D eigenvalue weighted by atomic mass is 19.4. The summed E-state index contributed by atoms with van der Waals surface area (Å²) in [4.78, 5) is 26.4. The quantitative estimate of drug-likeness (QED) is 0.375. The molecule has 0 unspecified atom stereocenters. The molecule has 35 heavy (non-hydrogen) atoms. The fourth-order valence-electron chi connectivity index (χ4n) is 2.90. The van der Waals surface area contributed by atoms with Gasteiger partial charge in [-0.15, -0.1) is 0 Å². The number of hydrogen-bond donors (Lipinski definition) is 3. The first kappa shape index (κ1) is 25.7. The smallest absolute Gasteiger partial charge is 0.437 e. The molecule has 0 aliphatic carbocycles. The lowest BCUT2D eigenvalue weighted by atomic mass is 10.1. The minimum Gasteiger partial charge on any atom is -0.469 e. The number of carbonyl (C=O) groups is 1. The molecule has 0 spiro atoms. The van der Waals surface area contributed by atoms with Gasteiger partial charge in [-0.2, -0.15) is 26.3 Å². The molecule has 1 aromatic heterocycles. The third kappa shape index (κ3) is 5.94. The number of hydrogen-bond acceptors (Lipinski definition) is 4. The molecule has 1 heterocycles. The summed E-state index contributed by atoms with van der Waals surface area (Å²) in [7, 11) is 0. The number of nitrogens with one attached hydrogen (secondary N) is 3. The van der Waals surface area contributed by atoms with Crippen molar-refractivity contribution in [1.29, 1.82) is 0 Å². The molecule has 12 heteroatoms. The zero-order chi connectivity index (χ0) is 25.9. The van der Waals surface area contributed by atoms with Crippen LogP contribution in [0, 0.1) is 0 Å². The zero-order valence-electron chi connectivity index (χ0n) is 18.1. The maximum absolute atomic E-state index is 13.0. The summed E-state index contributed by atoms with van der Waals surface area (Å²) in [5.74, 6) is -1.25. The molecule has 0 bridgehead atoms.